The summed E-state index contributed by atoms with van der Waals surface area (Å²) in [6.07, 6.45) is 1.77. The molecule has 1 fully saturated rings. The molecule has 3 heterocycles. The summed E-state index contributed by atoms with van der Waals surface area (Å²) in [7, 11) is 1.64. The average Bonchev–Trinajstić information content (AvgIpc) is 3.25. The third-order valence-corrected chi connectivity index (χ3v) is 6.49. The Hall–Kier alpha value is -3.91. The fraction of sp³-hybridized carbons (Fsp3) is 0.360. The van der Waals surface area contributed by atoms with Crippen molar-refractivity contribution in [3.8, 4) is 28.9 Å². The first-order valence-electron chi connectivity index (χ1n) is 11.4. The smallest absolute Gasteiger partial charge is 0.255 e. The van der Waals surface area contributed by atoms with E-state index in [0.29, 0.717) is 24.2 Å². The van der Waals surface area contributed by atoms with E-state index in [-0.39, 0.29) is 46.9 Å². The molecule has 1 N–H and O–H groups in total. The van der Waals surface area contributed by atoms with Crippen molar-refractivity contribution in [2.24, 2.45) is 0 Å². The molecule has 0 unspecified atom stereocenters. The number of nitrogens with zero attached hydrogens (tertiary/aromatic N) is 6. The molecule has 2 aromatic heterocycles. The predicted molar refractivity (Wildman–Crippen MR) is 125 cm³/mol. The number of carbonyl (C=O) groups is 1. The molecule has 11 heteroatoms. The van der Waals surface area contributed by atoms with E-state index in [4.69, 9.17) is 5.26 Å². The lowest BCUT2D eigenvalue weighted by atomic mass is 10.00. The van der Waals surface area contributed by atoms with E-state index < -0.39 is 12.2 Å². The molecule has 0 saturated carbocycles. The summed E-state index contributed by atoms with van der Waals surface area (Å²) in [6.45, 7) is 2.06. The number of nitriles is 1. The van der Waals surface area contributed by atoms with Crippen LogP contribution in [0, 0.1) is 24.1 Å². The molecule has 3 aromatic rings. The largest absolute Gasteiger partial charge is 0.493 e. The second kappa shape index (κ2) is 10.4. The van der Waals surface area contributed by atoms with Crippen LogP contribution in [0.4, 0.5) is 13.2 Å². The predicted octanol–water partition coefficient (Wildman–Crippen LogP) is 3.76. The maximum absolute atomic E-state index is 14.4. The van der Waals surface area contributed by atoms with Gasteiger partial charge in [0.2, 0.25) is 5.88 Å². The molecule has 1 aromatic carbocycles. The lowest BCUT2D eigenvalue weighted by Crippen LogP contribution is -2.49. The van der Waals surface area contributed by atoms with Gasteiger partial charge in [0.15, 0.2) is 5.82 Å². The van der Waals surface area contributed by atoms with Crippen LogP contribution in [0.15, 0.2) is 36.7 Å². The zero-order valence-electron chi connectivity index (χ0n) is 19.8. The Morgan fingerprint density at radius 2 is 2.06 bits per heavy atom. The molecular formula is C25H25F3N6O2. The fourth-order valence-corrected chi connectivity index (χ4v) is 4.45. The van der Waals surface area contributed by atoms with Gasteiger partial charge in [-0.25, -0.2) is 18.2 Å². The van der Waals surface area contributed by atoms with Crippen LogP contribution in [0.5, 0.6) is 5.88 Å². The Morgan fingerprint density at radius 1 is 1.28 bits per heavy atom. The van der Waals surface area contributed by atoms with Gasteiger partial charge < -0.3 is 10.0 Å². The van der Waals surface area contributed by atoms with Crippen molar-refractivity contribution in [2.45, 2.75) is 32.2 Å². The van der Waals surface area contributed by atoms with Crippen molar-refractivity contribution in [1.82, 2.24) is 24.6 Å². The van der Waals surface area contributed by atoms with Gasteiger partial charge in [-0.2, -0.15) is 15.0 Å². The molecule has 4 rings (SSSR count). The first-order chi connectivity index (χ1) is 17.2. The van der Waals surface area contributed by atoms with E-state index in [1.165, 1.54) is 37.5 Å². The molecule has 188 valence electrons. The number of aromatic nitrogens is 3. The normalized spacial score (nSPS) is 15.9. The van der Waals surface area contributed by atoms with Crippen molar-refractivity contribution in [3.05, 3.63) is 59.2 Å². The summed E-state index contributed by atoms with van der Waals surface area (Å²) >= 11 is 0. The average molecular weight is 499 g/mol. The molecule has 8 nitrogen and oxygen atoms in total. The number of halogens is 3. The highest BCUT2D eigenvalue weighted by molar-refractivity contribution is 5.94. The van der Waals surface area contributed by atoms with Gasteiger partial charge in [0.1, 0.15) is 11.9 Å². The van der Waals surface area contributed by atoms with E-state index in [9.17, 15) is 23.1 Å². The first-order valence-corrected chi connectivity index (χ1v) is 11.4. The molecule has 1 amide bonds. The van der Waals surface area contributed by atoms with Gasteiger partial charge in [-0.1, -0.05) is 6.07 Å². The van der Waals surface area contributed by atoms with E-state index >= 15 is 0 Å². The second-order valence-corrected chi connectivity index (χ2v) is 8.79. The number of likely N-dealkylation sites (tertiary alicyclic amines) is 1. The number of likely N-dealkylation sites (N-methyl/N-ethyl adjacent to an activating group) is 1. The van der Waals surface area contributed by atoms with Crippen LogP contribution in [-0.2, 0) is 0 Å². The first kappa shape index (κ1) is 25.2. The van der Waals surface area contributed by atoms with Gasteiger partial charge in [0, 0.05) is 25.3 Å². The lowest BCUT2D eigenvalue weighted by Gasteiger charge is -2.37. The highest BCUT2D eigenvalue weighted by atomic mass is 19.3. The standard InChI is InChI=1S/C25H25F3N6O2/c1-15-19(7-5-16(10-29)23(15)28)20-12-31-34(25(20)36)22-8-6-17(11-30-22)24(35)33-9-3-4-18(13-33)32(2)14-21(26)27/h5-8,11-12,18,21,36H,3-4,9,13-14H2,1-2H3/t18-/m0/s1. The second-order valence-electron chi connectivity index (χ2n) is 8.79. The number of amides is 1. The maximum Gasteiger partial charge on any atom is 0.255 e. The minimum absolute atomic E-state index is 0.0919. The Kier molecular flexibility index (Phi) is 7.26. The molecule has 1 aliphatic heterocycles. The van der Waals surface area contributed by atoms with Crippen LogP contribution in [0.2, 0.25) is 0 Å². The SMILES string of the molecule is Cc1c(-c2cnn(-c3ccc(C(=O)N4CCC[C@H](N(C)CC(F)F)C4)cn3)c2O)ccc(C#N)c1F. The summed E-state index contributed by atoms with van der Waals surface area (Å²) in [6, 6.07) is 7.61. The maximum atomic E-state index is 14.4. The van der Waals surface area contributed by atoms with Crippen molar-refractivity contribution < 1.29 is 23.1 Å². The van der Waals surface area contributed by atoms with Gasteiger partial charge in [0.05, 0.1) is 29.4 Å². The molecule has 1 aliphatic rings. The van der Waals surface area contributed by atoms with E-state index in [2.05, 4.69) is 10.1 Å². The van der Waals surface area contributed by atoms with E-state index in [1.54, 1.807) is 29.0 Å². The number of pyridine rings is 1. The van der Waals surface area contributed by atoms with Crippen LogP contribution in [0.3, 0.4) is 0 Å². The van der Waals surface area contributed by atoms with Crippen molar-refractivity contribution in [2.75, 3.05) is 26.7 Å². The van der Waals surface area contributed by atoms with Gasteiger partial charge in [-0.15, -0.1) is 0 Å². The number of carbonyl (C=O) groups excluding carboxylic acids is 1. The quantitative estimate of drug-likeness (QED) is 0.556. The molecule has 0 radical (unpaired) electrons. The van der Waals surface area contributed by atoms with Crippen LogP contribution >= 0.6 is 0 Å². The summed E-state index contributed by atoms with van der Waals surface area (Å²) in [5, 5.41) is 23.9. The van der Waals surface area contributed by atoms with Gasteiger partial charge in [0.25, 0.3) is 12.3 Å². The highest BCUT2D eigenvalue weighted by Gasteiger charge is 2.28. The van der Waals surface area contributed by atoms with Gasteiger partial charge >= 0.3 is 0 Å². The van der Waals surface area contributed by atoms with Crippen molar-refractivity contribution in [3.63, 3.8) is 0 Å². The summed E-state index contributed by atoms with van der Waals surface area (Å²) in [4.78, 5) is 20.5. The Bertz CT molecular complexity index is 1300. The topological polar surface area (TPSA) is 98.3 Å². The molecular weight excluding hydrogens is 473 g/mol. The molecule has 36 heavy (non-hydrogen) atoms. The highest BCUT2D eigenvalue weighted by Crippen LogP contribution is 2.34. The lowest BCUT2D eigenvalue weighted by molar-refractivity contribution is 0.0439. The van der Waals surface area contributed by atoms with Crippen LogP contribution in [0.1, 0.15) is 34.3 Å². The van der Waals surface area contributed by atoms with E-state index in [0.717, 1.165) is 17.5 Å². The van der Waals surface area contributed by atoms with Crippen molar-refractivity contribution >= 4 is 5.91 Å². The number of alkyl halides is 2. The van der Waals surface area contributed by atoms with Gasteiger partial charge in [-0.05, 0) is 56.1 Å². The number of aromatic hydroxyl groups is 1. The zero-order chi connectivity index (χ0) is 26.0. The molecule has 0 spiro atoms. The number of hydrogen-bond donors (Lipinski definition) is 1. The summed E-state index contributed by atoms with van der Waals surface area (Å²) in [5.74, 6) is -0.938. The minimum atomic E-state index is -2.43. The van der Waals surface area contributed by atoms with E-state index in [1.807, 2.05) is 0 Å². The Labute approximate surface area is 206 Å². The van der Waals surface area contributed by atoms with Crippen LogP contribution in [0.25, 0.3) is 16.9 Å². The third-order valence-electron chi connectivity index (χ3n) is 6.49. The van der Waals surface area contributed by atoms with Crippen LogP contribution < -0.4 is 0 Å². The molecule has 0 aliphatic carbocycles. The van der Waals surface area contributed by atoms with Crippen molar-refractivity contribution in [1.29, 1.82) is 5.26 Å². The number of rotatable bonds is 6. The summed E-state index contributed by atoms with van der Waals surface area (Å²) < 4.78 is 41.1. The van der Waals surface area contributed by atoms with Gasteiger partial charge in [-0.3, -0.25) is 9.69 Å². The Balaban J connectivity index is 1.52. The summed E-state index contributed by atoms with van der Waals surface area (Å²) in [5.41, 5.74) is 1.10. The third kappa shape index (κ3) is 4.90. The monoisotopic (exact) mass is 498 g/mol. The zero-order valence-corrected chi connectivity index (χ0v) is 19.8. The number of piperidine rings is 1. The number of benzene rings is 1. The fourth-order valence-electron chi connectivity index (χ4n) is 4.45. The number of hydrogen-bond acceptors (Lipinski definition) is 6. The molecule has 1 atom stereocenters. The minimum Gasteiger partial charge on any atom is -0.493 e. The Morgan fingerprint density at radius 3 is 2.72 bits per heavy atom. The molecule has 0 bridgehead atoms. The van der Waals surface area contributed by atoms with Crippen LogP contribution in [-0.4, -0.2) is 74.7 Å². The molecule has 1 saturated heterocycles.